The summed E-state index contributed by atoms with van der Waals surface area (Å²) < 4.78 is 16.9. The van der Waals surface area contributed by atoms with Crippen LogP contribution in [0.25, 0.3) is 0 Å². The van der Waals surface area contributed by atoms with Gasteiger partial charge >= 0.3 is 0 Å². The average molecular weight is 387 g/mol. The molecule has 1 aliphatic carbocycles. The lowest BCUT2D eigenvalue weighted by molar-refractivity contribution is -0.186. The van der Waals surface area contributed by atoms with E-state index in [2.05, 4.69) is 17.9 Å². The molecule has 0 bridgehead atoms. The molecule has 1 N–H and O–H groups in total. The second kappa shape index (κ2) is 6.75. The minimum absolute atomic E-state index is 0.00781. The lowest BCUT2D eigenvalue weighted by atomic mass is 9.82. The van der Waals surface area contributed by atoms with E-state index in [9.17, 15) is 10.1 Å². The summed E-state index contributed by atoms with van der Waals surface area (Å²) in [7, 11) is 1.61. The van der Waals surface area contributed by atoms with Crippen molar-refractivity contribution in [2.45, 2.75) is 37.1 Å². The topological polar surface area (TPSA) is 83.8 Å². The maximum atomic E-state index is 12.5. The first-order valence-corrected chi connectivity index (χ1v) is 9.35. The maximum absolute atomic E-state index is 12.5. The molecule has 0 aromatic heterocycles. The molecule has 1 aromatic carbocycles. The predicted molar refractivity (Wildman–Crippen MR) is 101 cm³/mol. The van der Waals surface area contributed by atoms with Gasteiger partial charge in [-0.05, 0) is 37.1 Å². The van der Waals surface area contributed by atoms with E-state index in [1.165, 1.54) is 0 Å². The molecule has 1 amide bonds. The third-order valence-electron chi connectivity index (χ3n) is 5.53. The summed E-state index contributed by atoms with van der Waals surface area (Å²) in [5, 5.41) is 12.8. The van der Waals surface area contributed by atoms with Gasteiger partial charge in [-0.15, -0.1) is 12.6 Å². The number of ether oxygens (including phenoxy) is 3. The van der Waals surface area contributed by atoms with Crippen molar-refractivity contribution < 1.29 is 19.0 Å². The van der Waals surface area contributed by atoms with Crippen molar-refractivity contribution >= 4 is 24.2 Å². The van der Waals surface area contributed by atoms with E-state index < -0.39 is 17.4 Å². The molecule has 4 rings (SSSR count). The molecule has 2 fully saturated rings. The Balaban J connectivity index is 1.73. The zero-order chi connectivity index (χ0) is 19.1. The summed E-state index contributed by atoms with van der Waals surface area (Å²) in [6.07, 6.45) is 2.55. The second-order valence-corrected chi connectivity index (χ2v) is 7.36. The zero-order valence-corrected chi connectivity index (χ0v) is 15.9. The van der Waals surface area contributed by atoms with Crippen LogP contribution in [0.3, 0.4) is 0 Å². The quantitative estimate of drug-likeness (QED) is 0.758. The van der Waals surface area contributed by atoms with Crippen molar-refractivity contribution in [2.75, 3.05) is 25.2 Å². The number of anilines is 1. The molecule has 0 radical (unpaired) electrons. The van der Waals surface area contributed by atoms with Crippen molar-refractivity contribution in [3.63, 3.8) is 0 Å². The number of carbonyl (C=O) groups excluding carboxylic acids is 1. The monoisotopic (exact) mass is 387 g/mol. The normalized spacial score (nSPS) is 23.4. The van der Waals surface area contributed by atoms with Crippen LogP contribution in [-0.2, 0) is 14.3 Å². The maximum Gasteiger partial charge on any atom is 0.266 e. The van der Waals surface area contributed by atoms with Crippen LogP contribution in [-0.4, -0.2) is 37.7 Å². The molecule has 0 atom stereocenters. The molecular weight excluding hydrogens is 366 g/mol. The smallest absolute Gasteiger partial charge is 0.266 e. The fourth-order valence-electron chi connectivity index (χ4n) is 4.13. The van der Waals surface area contributed by atoms with Gasteiger partial charge in [-0.3, -0.25) is 4.79 Å². The van der Waals surface area contributed by atoms with Crippen LogP contribution in [0.2, 0.25) is 0 Å². The molecule has 8 heteroatoms. The minimum Gasteiger partial charge on any atom is -0.497 e. The first kappa shape index (κ1) is 18.2. The number of amides is 1. The van der Waals surface area contributed by atoms with E-state index in [1.54, 1.807) is 7.11 Å². The van der Waals surface area contributed by atoms with Gasteiger partial charge in [0.1, 0.15) is 23.1 Å². The first-order chi connectivity index (χ1) is 13.0. The Kier molecular flexibility index (Phi) is 4.54. The lowest BCUT2D eigenvalue weighted by Gasteiger charge is -2.52. The van der Waals surface area contributed by atoms with Gasteiger partial charge in [0.25, 0.3) is 5.91 Å². The summed E-state index contributed by atoms with van der Waals surface area (Å²) in [4.78, 5) is 14.5. The summed E-state index contributed by atoms with van der Waals surface area (Å²) in [6.45, 7) is 1.19. The number of hydrogen-bond acceptors (Lipinski definition) is 7. The van der Waals surface area contributed by atoms with Crippen LogP contribution in [0.5, 0.6) is 5.75 Å². The van der Waals surface area contributed by atoms with Gasteiger partial charge < -0.3 is 24.4 Å². The fourth-order valence-corrected chi connectivity index (χ4v) is 4.58. The Morgan fingerprint density at radius 1 is 1.19 bits per heavy atom. The number of thiol groups is 1. The predicted octanol–water partition coefficient (Wildman–Crippen LogP) is 2.31. The van der Waals surface area contributed by atoms with Crippen molar-refractivity contribution in [2.24, 2.45) is 0 Å². The molecule has 1 saturated heterocycles. The molecule has 0 unspecified atom stereocenters. The number of nitrogens with one attached hydrogen (secondary N) is 1. The molecule has 3 aliphatic rings. The van der Waals surface area contributed by atoms with Crippen molar-refractivity contribution in [1.29, 1.82) is 5.26 Å². The zero-order valence-electron chi connectivity index (χ0n) is 15.0. The van der Waals surface area contributed by atoms with Crippen molar-refractivity contribution in [1.82, 2.24) is 5.32 Å². The van der Waals surface area contributed by atoms with Gasteiger partial charge in [0.15, 0.2) is 5.79 Å². The fraction of sp³-hybridized carbons (Fsp3) is 0.474. The summed E-state index contributed by atoms with van der Waals surface area (Å²) >= 11 is 4.56. The van der Waals surface area contributed by atoms with E-state index in [0.717, 1.165) is 11.4 Å². The third kappa shape index (κ3) is 2.96. The molecule has 2 heterocycles. The van der Waals surface area contributed by atoms with Crippen molar-refractivity contribution in [3.05, 3.63) is 34.9 Å². The van der Waals surface area contributed by atoms with Gasteiger partial charge in [0.05, 0.1) is 25.4 Å². The van der Waals surface area contributed by atoms with E-state index in [4.69, 9.17) is 14.2 Å². The van der Waals surface area contributed by atoms with E-state index in [0.29, 0.717) is 43.9 Å². The molecule has 27 heavy (non-hydrogen) atoms. The number of hydrogen-bond donors (Lipinski definition) is 2. The number of rotatable bonds is 2. The second-order valence-electron chi connectivity index (χ2n) is 6.94. The van der Waals surface area contributed by atoms with Crippen LogP contribution < -0.4 is 15.0 Å². The highest BCUT2D eigenvalue weighted by Crippen LogP contribution is 2.46. The average Bonchev–Trinajstić information content (AvgIpc) is 3.14. The number of nitrogens with zero attached hydrogens (tertiary/aromatic N) is 2. The van der Waals surface area contributed by atoms with Gasteiger partial charge in [-0.25, -0.2) is 0 Å². The van der Waals surface area contributed by atoms with Crippen LogP contribution in [0.4, 0.5) is 5.69 Å². The Morgan fingerprint density at radius 3 is 2.37 bits per heavy atom. The summed E-state index contributed by atoms with van der Waals surface area (Å²) in [6, 6.07) is 9.46. The van der Waals surface area contributed by atoms with Crippen LogP contribution in [0.15, 0.2) is 34.9 Å². The number of nitriles is 1. The highest BCUT2D eigenvalue weighted by Gasteiger charge is 2.52. The van der Waals surface area contributed by atoms with Crippen LogP contribution >= 0.6 is 12.6 Å². The lowest BCUT2D eigenvalue weighted by Crippen LogP contribution is -2.66. The largest absolute Gasteiger partial charge is 0.497 e. The minimum atomic E-state index is -0.677. The molecular formula is C19H21N3O4S. The van der Waals surface area contributed by atoms with E-state index in [1.807, 2.05) is 35.2 Å². The number of methoxy groups -OCH3 is 1. The van der Waals surface area contributed by atoms with Gasteiger partial charge in [-0.1, -0.05) is 0 Å². The Morgan fingerprint density at radius 2 is 1.81 bits per heavy atom. The summed E-state index contributed by atoms with van der Waals surface area (Å²) in [5.41, 5.74) is 0.162. The molecule has 7 nitrogen and oxygen atoms in total. The van der Waals surface area contributed by atoms with E-state index in [-0.39, 0.29) is 5.57 Å². The summed E-state index contributed by atoms with van der Waals surface area (Å²) in [5.74, 6) is -0.219. The van der Waals surface area contributed by atoms with Gasteiger partial charge in [0, 0.05) is 18.5 Å². The highest BCUT2D eigenvalue weighted by molar-refractivity contribution is 7.84. The Hall–Kier alpha value is -2.21. The molecule has 142 valence electrons. The first-order valence-electron chi connectivity index (χ1n) is 8.91. The number of benzene rings is 1. The van der Waals surface area contributed by atoms with Crippen LogP contribution in [0, 0.1) is 11.3 Å². The third-order valence-corrected chi connectivity index (χ3v) is 5.96. The molecule has 1 aromatic rings. The highest BCUT2D eigenvalue weighted by atomic mass is 32.1. The van der Waals surface area contributed by atoms with Gasteiger partial charge in [0.2, 0.25) is 0 Å². The molecule has 2 aliphatic heterocycles. The SMILES string of the molecule is COc1ccc(N2C(S)=C(C#N)C(=O)NC23CCC2(CC3)OCCO2)cc1. The standard InChI is InChI=1S/C19H21N3O4S/c1-24-14-4-2-13(3-5-14)22-17(27)15(12-20)16(23)21-18(22)6-8-19(9-7-18)25-10-11-26-19/h2-5,27H,6-11H2,1H3,(H,21,23). The number of carbonyl (C=O) groups is 1. The van der Waals surface area contributed by atoms with Gasteiger partial charge in [-0.2, -0.15) is 5.26 Å². The van der Waals surface area contributed by atoms with E-state index >= 15 is 0 Å². The van der Waals surface area contributed by atoms with Crippen molar-refractivity contribution in [3.8, 4) is 11.8 Å². The van der Waals surface area contributed by atoms with Crippen LogP contribution in [0.1, 0.15) is 25.7 Å². The Labute approximate surface area is 163 Å². The molecule has 2 spiro atoms. The Bertz CT molecular complexity index is 814. The molecule has 1 saturated carbocycles.